The second kappa shape index (κ2) is 9.43. The summed E-state index contributed by atoms with van der Waals surface area (Å²) >= 11 is 6.78. The molecule has 2 aromatic heterocycles. The van der Waals surface area contributed by atoms with Crippen molar-refractivity contribution in [1.29, 1.82) is 0 Å². The number of piperidine rings is 1. The highest BCUT2D eigenvalue weighted by molar-refractivity contribution is 8.26. The van der Waals surface area contributed by atoms with Crippen molar-refractivity contribution in [3.63, 3.8) is 0 Å². The van der Waals surface area contributed by atoms with Gasteiger partial charge in [0.25, 0.3) is 11.5 Å². The van der Waals surface area contributed by atoms with E-state index in [4.69, 9.17) is 21.9 Å². The zero-order valence-corrected chi connectivity index (χ0v) is 21.5. The summed E-state index contributed by atoms with van der Waals surface area (Å²) < 4.78 is 7.80. The fourth-order valence-corrected chi connectivity index (χ4v) is 6.49. The molecule has 5 rings (SSSR count). The number of carbonyl (C=O) groups is 1. The molecule has 0 saturated carbocycles. The minimum absolute atomic E-state index is 0.0182. The van der Waals surface area contributed by atoms with Crippen molar-refractivity contribution < 1.29 is 9.53 Å². The number of hydrogen-bond acceptors (Lipinski definition) is 7. The van der Waals surface area contributed by atoms with Gasteiger partial charge in [0.15, 0.2) is 0 Å². The maximum Gasteiger partial charge on any atom is 0.267 e. The first-order valence-electron chi connectivity index (χ1n) is 11.9. The van der Waals surface area contributed by atoms with Crippen molar-refractivity contribution in [2.75, 3.05) is 31.1 Å². The summed E-state index contributed by atoms with van der Waals surface area (Å²) in [6, 6.07) is 3.84. The molecule has 7 nitrogen and oxygen atoms in total. The standard InChI is InChI=1S/C25H30N4O3S2/c1-15-6-7-21-26-22(27-11-16(2)9-17(3)12-27)19(23(30)28(21)13-15)10-20-24(31)29(25(33)34-20)14-18-5-4-8-32-18/h6-7,10,13,16-18H,4-5,8-9,11-12,14H2,1-3H3/b20-10-/t16-,17-,18-/m1/s1. The Kier molecular flexibility index (Phi) is 6.52. The van der Waals surface area contributed by atoms with Gasteiger partial charge in [0.05, 0.1) is 23.1 Å². The third-order valence-corrected chi connectivity index (χ3v) is 8.09. The summed E-state index contributed by atoms with van der Waals surface area (Å²) in [5.41, 5.74) is 1.86. The molecule has 3 atom stereocenters. The molecule has 5 heterocycles. The zero-order valence-electron chi connectivity index (χ0n) is 19.8. The van der Waals surface area contributed by atoms with Gasteiger partial charge < -0.3 is 9.64 Å². The van der Waals surface area contributed by atoms with Gasteiger partial charge in [0.1, 0.15) is 15.8 Å². The highest BCUT2D eigenvalue weighted by atomic mass is 32.2. The van der Waals surface area contributed by atoms with Gasteiger partial charge in [-0.2, -0.15) is 0 Å². The second-order valence-electron chi connectivity index (χ2n) is 9.87. The third-order valence-electron chi connectivity index (χ3n) is 6.71. The smallest absolute Gasteiger partial charge is 0.267 e. The predicted octanol–water partition coefficient (Wildman–Crippen LogP) is 3.87. The first-order chi connectivity index (χ1) is 16.3. The van der Waals surface area contributed by atoms with Crippen LogP contribution in [-0.2, 0) is 9.53 Å². The van der Waals surface area contributed by atoms with Crippen molar-refractivity contribution >= 4 is 51.7 Å². The first-order valence-corrected chi connectivity index (χ1v) is 13.2. The molecule has 34 heavy (non-hydrogen) atoms. The molecule has 0 radical (unpaired) electrons. The van der Waals surface area contributed by atoms with Gasteiger partial charge in [-0.15, -0.1) is 0 Å². The number of fused-ring (bicyclic) bond motifs is 1. The number of carbonyl (C=O) groups excluding carboxylic acids is 1. The summed E-state index contributed by atoms with van der Waals surface area (Å²) in [7, 11) is 0. The molecule has 0 bridgehead atoms. The quantitative estimate of drug-likeness (QED) is 0.468. The van der Waals surface area contributed by atoms with Crippen molar-refractivity contribution in [1.82, 2.24) is 14.3 Å². The maximum absolute atomic E-state index is 13.7. The number of pyridine rings is 1. The molecule has 2 aromatic rings. The molecule has 3 aliphatic heterocycles. The van der Waals surface area contributed by atoms with Crippen LogP contribution in [0.3, 0.4) is 0 Å². The number of nitrogens with zero attached hydrogens (tertiary/aromatic N) is 4. The van der Waals surface area contributed by atoms with Gasteiger partial charge >= 0.3 is 0 Å². The van der Waals surface area contributed by atoms with Gasteiger partial charge in [-0.1, -0.05) is 43.9 Å². The Balaban J connectivity index is 1.58. The SMILES string of the molecule is Cc1ccc2nc(N3C[C@H](C)C[C@@H](C)C3)c(/C=C3\SC(=S)N(C[C@H]4CCCO4)C3=O)c(=O)n2c1. The Hall–Kier alpha value is -2.23. The Morgan fingerprint density at radius 2 is 2.00 bits per heavy atom. The van der Waals surface area contributed by atoms with Gasteiger partial charge in [0.2, 0.25) is 0 Å². The molecular formula is C25H30N4O3S2. The number of hydrogen-bond donors (Lipinski definition) is 0. The van der Waals surface area contributed by atoms with Crippen LogP contribution in [-0.4, -0.2) is 56.9 Å². The number of aryl methyl sites for hydroxylation is 1. The summed E-state index contributed by atoms with van der Waals surface area (Å²) in [5, 5.41) is 0. The molecule has 1 amide bonds. The molecule has 0 aromatic carbocycles. The lowest BCUT2D eigenvalue weighted by Crippen LogP contribution is -2.40. The van der Waals surface area contributed by atoms with Crippen LogP contribution in [0.4, 0.5) is 5.82 Å². The van der Waals surface area contributed by atoms with E-state index in [0.717, 1.165) is 44.5 Å². The van der Waals surface area contributed by atoms with Crippen molar-refractivity contribution in [3.05, 3.63) is 44.7 Å². The van der Waals surface area contributed by atoms with Gasteiger partial charge in [-0.05, 0) is 55.7 Å². The largest absolute Gasteiger partial charge is 0.376 e. The number of anilines is 1. The summed E-state index contributed by atoms with van der Waals surface area (Å²) in [6.45, 7) is 9.27. The van der Waals surface area contributed by atoms with Crippen molar-refractivity contribution in [3.8, 4) is 0 Å². The fourth-order valence-electron chi connectivity index (χ4n) is 5.23. The lowest BCUT2D eigenvalue weighted by atomic mass is 9.91. The average Bonchev–Trinajstić information content (AvgIpc) is 3.39. The molecule has 0 aliphatic carbocycles. The molecule has 3 aliphatic rings. The molecular weight excluding hydrogens is 468 g/mol. The second-order valence-corrected chi connectivity index (χ2v) is 11.5. The number of aromatic nitrogens is 2. The van der Waals surface area contributed by atoms with Crippen LogP contribution in [0.25, 0.3) is 11.7 Å². The van der Waals surface area contributed by atoms with Crippen LogP contribution in [0.15, 0.2) is 28.0 Å². The lowest BCUT2D eigenvalue weighted by Gasteiger charge is -2.36. The Bertz CT molecular complexity index is 1220. The van der Waals surface area contributed by atoms with E-state index >= 15 is 0 Å². The van der Waals surface area contributed by atoms with Crippen LogP contribution in [0, 0.1) is 18.8 Å². The number of ether oxygens (including phenoxy) is 1. The minimum atomic E-state index is -0.168. The third kappa shape index (κ3) is 4.53. The topological polar surface area (TPSA) is 67.2 Å². The number of amides is 1. The first kappa shape index (κ1) is 23.5. The monoisotopic (exact) mass is 498 g/mol. The summed E-state index contributed by atoms with van der Waals surface area (Å²) in [4.78, 5) is 36.2. The normalized spacial score (nSPS) is 26.9. The van der Waals surface area contributed by atoms with E-state index in [1.807, 2.05) is 19.1 Å². The van der Waals surface area contributed by atoms with Crippen LogP contribution in [0.5, 0.6) is 0 Å². The van der Waals surface area contributed by atoms with Gasteiger partial charge in [0, 0.05) is 25.9 Å². The Morgan fingerprint density at radius 3 is 2.71 bits per heavy atom. The average molecular weight is 499 g/mol. The van der Waals surface area contributed by atoms with Gasteiger partial charge in [-0.25, -0.2) is 4.98 Å². The molecule has 0 N–H and O–H groups in total. The Morgan fingerprint density at radius 1 is 1.24 bits per heavy atom. The number of rotatable bonds is 4. The van der Waals surface area contributed by atoms with E-state index in [9.17, 15) is 9.59 Å². The zero-order chi connectivity index (χ0) is 24.0. The summed E-state index contributed by atoms with van der Waals surface area (Å²) in [5.74, 6) is 1.49. The maximum atomic E-state index is 13.7. The van der Waals surface area contributed by atoms with E-state index in [1.54, 1.807) is 21.6 Å². The lowest BCUT2D eigenvalue weighted by molar-refractivity contribution is -0.123. The van der Waals surface area contributed by atoms with Gasteiger partial charge in [-0.3, -0.25) is 18.9 Å². The van der Waals surface area contributed by atoms with Crippen LogP contribution in [0.2, 0.25) is 0 Å². The van der Waals surface area contributed by atoms with E-state index in [0.29, 0.717) is 44.6 Å². The van der Waals surface area contributed by atoms with Crippen molar-refractivity contribution in [2.24, 2.45) is 11.8 Å². The molecule has 180 valence electrons. The molecule has 3 saturated heterocycles. The predicted molar refractivity (Wildman–Crippen MR) is 140 cm³/mol. The number of thioether (sulfide) groups is 1. The summed E-state index contributed by atoms with van der Waals surface area (Å²) in [6.07, 6.45) is 6.61. The highest BCUT2D eigenvalue weighted by Crippen LogP contribution is 2.35. The Labute approximate surface area is 209 Å². The van der Waals surface area contributed by atoms with Crippen LogP contribution < -0.4 is 10.5 Å². The van der Waals surface area contributed by atoms with Crippen LogP contribution in [0.1, 0.15) is 44.2 Å². The van der Waals surface area contributed by atoms with E-state index in [2.05, 4.69) is 18.7 Å². The molecule has 0 spiro atoms. The molecule has 9 heteroatoms. The fraction of sp³-hybridized carbons (Fsp3) is 0.520. The molecule has 3 fully saturated rings. The van der Waals surface area contributed by atoms with E-state index < -0.39 is 0 Å². The number of thiocarbonyl (C=S) groups is 1. The molecule has 0 unspecified atom stereocenters. The van der Waals surface area contributed by atoms with Crippen LogP contribution >= 0.6 is 24.0 Å². The highest BCUT2D eigenvalue weighted by Gasteiger charge is 2.35. The van der Waals surface area contributed by atoms with Crippen molar-refractivity contribution in [2.45, 2.75) is 46.1 Å². The van der Waals surface area contributed by atoms with E-state index in [1.165, 1.54) is 11.8 Å². The van der Waals surface area contributed by atoms with E-state index in [-0.39, 0.29) is 17.6 Å². The minimum Gasteiger partial charge on any atom is -0.376 e.